The summed E-state index contributed by atoms with van der Waals surface area (Å²) in [6, 6.07) is 0. The van der Waals surface area contributed by atoms with E-state index in [1.807, 2.05) is 0 Å². The van der Waals surface area contributed by atoms with Gasteiger partial charge in [0.2, 0.25) is 8.32 Å². The van der Waals surface area contributed by atoms with Gasteiger partial charge in [-0.2, -0.15) is 0 Å². The van der Waals surface area contributed by atoms with Crippen molar-refractivity contribution in [3.8, 4) is 0 Å². The smallest absolute Gasteiger partial charge is 0.241 e. The zero-order valence-electron chi connectivity index (χ0n) is 14.5. The van der Waals surface area contributed by atoms with Crippen LogP contribution >= 0.6 is 0 Å². The zero-order valence-corrected chi connectivity index (χ0v) is 16.5. The normalized spacial score (nSPS) is 21.2. The van der Waals surface area contributed by atoms with E-state index >= 15 is 0 Å². The molecule has 118 valence electrons. The molecule has 0 saturated heterocycles. The molecule has 5 heteroatoms. The Bertz CT molecular complexity index is 351. The molecule has 0 aromatic carbocycles. The third kappa shape index (κ3) is 5.26. The maximum absolute atomic E-state index is 6.36. The molecule has 1 rings (SSSR count). The van der Waals surface area contributed by atoms with E-state index in [-0.39, 0.29) is 5.04 Å². The average Bonchev–Trinajstić information content (AvgIpc) is 2.24. The lowest BCUT2D eigenvalue weighted by molar-refractivity contribution is 0.124. The summed E-state index contributed by atoms with van der Waals surface area (Å²) >= 11 is 0. The van der Waals surface area contributed by atoms with Gasteiger partial charge >= 0.3 is 0 Å². The lowest BCUT2D eigenvalue weighted by atomic mass is 10.0. The van der Waals surface area contributed by atoms with Gasteiger partial charge in [0, 0.05) is 12.5 Å². The Morgan fingerprint density at radius 1 is 1.20 bits per heavy atom. The molecule has 0 fully saturated rings. The van der Waals surface area contributed by atoms with E-state index < -0.39 is 16.6 Å². The summed E-state index contributed by atoms with van der Waals surface area (Å²) < 4.78 is 18.0. The first-order valence-electron chi connectivity index (χ1n) is 7.57. The van der Waals surface area contributed by atoms with Gasteiger partial charge in [0.1, 0.15) is 12.0 Å². The van der Waals surface area contributed by atoms with Crippen LogP contribution in [0.2, 0.25) is 37.8 Å². The highest BCUT2D eigenvalue weighted by Crippen LogP contribution is 2.37. The van der Waals surface area contributed by atoms with Crippen LogP contribution in [-0.2, 0) is 13.6 Å². The number of rotatable bonds is 5. The van der Waals surface area contributed by atoms with E-state index in [0.717, 1.165) is 25.4 Å². The molecule has 0 bridgehead atoms. The SMILES string of the molecule is CC(C)(C)[Si](C)(C)OCC1CCOC=C1O[Si](C)(C)C. The van der Waals surface area contributed by atoms with Gasteiger partial charge in [-0.15, -0.1) is 0 Å². The molecule has 3 nitrogen and oxygen atoms in total. The van der Waals surface area contributed by atoms with E-state index in [4.69, 9.17) is 13.6 Å². The molecule has 20 heavy (non-hydrogen) atoms. The van der Waals surface area contributed by atoms with Gasteiger partial charge < -0.3 is 13.6 Å². The Morgan fingerprint density at radius 3 is 2.30 bits per heavy atom. The summed E-state index contributed by atoms with van der Waals surface area (Å²) in [7, 11) is -3.28. The average molecular weight is 317 g/mol. The van der Waals surface area contributed by atoms with Crippen molar-refractivity contribution < 1.29 is 13.6 Å². The van der Waals surface area contributed by atoms with Crippen LogP contribution < -0.4 is 0 Å². The van der Waals surface area contributed by atoms with Gasteiger partial charge in [-0.3, -0.25) is 0 Å². The molecule has 0 N–H and O–H groups in total. The highest BCUT2D eigenvalue weighted by atomic mass is 28.4. The molecule has 1 aliphatic rings. The third-order valence-electron chi connectivity index (χ3n) is 4.06. The van der Waals surface area contributed by atoms with E-state index in [0.29, 0.717) is 5.92 Å². The number of hydrogen-bond donors (Lipinski definition) is 0. The third-order valence-corrected chi connectivity index (χ3v) is 9.41. The van der Waals surface area contributed by atoms with Crippen LogP contribution in [0.15, 0.2) is 12.0 Å². The van der Waals surface area contributed by atoms with E-state index in [9.17, 15) is 0 Å². The van der Waals surface area contributed by atoms with Crippen molar-refractivity contribution in [2.75, 3.05) is 13.2 Å². The fourth-order valence-corrected chi connectivity index (χ4v) is 3.71. The van der Waals surface area contributed by atoms with E-state index in [1.165, 1.54) is 0 Å². The highest BCUT2D eigenvalue weighted by molar-refractivity contribution is 6.74. The number of hydrogen-bond acceptors (Lipinski definition) is 3. The van der Waals surface area contributed by atoms with E-state index in [1.54, 1.807) is 6.26 Å². The van der Waals surface area contributed by atoms with Crippen LogP contribution in [0.25, 0.3) is 0 Å². The Kier molecular flexibility index (Phi) is 5.55. The molecule has 0 aromatic heterocycles. The van der Waals surface area contributed by atoms with Gasteiger partial charge in [0.05, 0.1) is 6.61 Å². The molecule has 0 aliphatic carbocycles. The molecule has 0 aromatic rings. The summed E-state index contributed by atoms with van der Waals surface area (Å²) in [5.41, 5.74) is 0. The minimum Gasteiger partial charge on any atom is -0.545 e. The first-order valence-corrected chi connectivity index (χ1v) is 13.9. The predicted octanol–water partition coefficient (Wildman–Crippen LogP) is 4.74. The van der Waals surface area contributed by atoms with Crippen LogP contribution in [0.1, 0.15) is 27.2 Å². The van der Waals surface area contributed by atoms with Crippen molar-refractivity contribution in [1.82, 2.24) is 0 Å². The highest BCUT2D eigenvalue weighted by Gasteiger charge is 2.38. The molecule has 1 atom stereocenters. The van der Waals surface area contributed by atoms with Crippen LogP contribution in [0, 0.1) is 5.92 Å². The second-order valence-electron chi connectivity index (χ2n) is 8.16. The van der Waals surface area contributed by atoms with E-state index in [2.05, 4.69) is 53.5 Å². The van der Waals surface area contributed by atoms with Crippen LogP contribution in [0.3, 0.4) is 0 Å². The largest absolute Gasteiger partial charge is 0.545 e. The van der Waals surface area contributed by atoms with Gasteiger partial charge in [-0.25, -0.2) is 0 Å². The quantitative estimate of drug-likeness (QED) is 0.686. The molecular weight excluding hydrogens is 284 g/mol. The van der Waals surface area contributed by atoms with Crippen molar-refractivity contribution in [1.29, 1.82) is 0 Å². The molecule has 0 radical (unpaired) electrons. The maximum atomic E-state index is 6.36. The minimum atomic E-state index is -1.69. The first-order chi connectivity index (χ1) is 8.92. The van der Waals surface area contributed by atoms with Crippen LogP contribution in [0.5, 0.6) is 0 Å². The fraction of sp³-hybridized carbons (Fsp3) is 0.867. The van der Waals surface area contributed by atoms with Crippen molar-refractivity contribution in [2.45, 2.75) is 65.0 Å². The van der Waals surface area contributed by atoms with Gasteiger partial charge in [0.25, 0.3) is 0 Å². The zero-order chi connectivity index (χ0) is 15.6. The first kappa shape index (κ1) is 17.8. The van der Waals surface area contributed by atoms with Crippen LogP contribution in [-0.4, -0.2) is 29.8 Å². The summed E-state index contributed by atoms with van der Waals surface area (Å²) in [6.07, 6.45) is 2.80. The molecule has 0 amide bonds. The summed E-state index contributed by atoms with van der Waals surface area (Å²) in [6.45, 7) is 19.6. The lowest BCUT2D eigenvalue weighted by Crippen LogP contribution is -2.42. The van der Waals surface area contributed by atoms with Crippen LogP contribution in [0.4, 0.5) is 0 Å². The second-order valence-corrected chi connectivity index (χ2v) is 17.4. The molecule has 1 aliphatic heterocycles. The Balaban J connectivity index is 2.66. The Morgan fingerprint density at radius 2 is 1.80 bits per heavy atom. The monoisotopic (exact) mass is 316 g/mol. The van der Waals surface area contributed by atoms with Crippen molar-refractivity contribution in [2.24, 2.45) is 5.92 Å². The Hall–Kier alpha value is -0.266. The Labute approximate surface area is 127 Å². The van der Waals surface area contributed by atoms with Crippen molar-refractivity contribution in [3.05, 3.63) is 12.0 Å². The van der Waals surface area contributed by atoms with Gasteiger partial charge in [-0.1, -0.05) is 20.8 Å². The maximum Gasteiger partial charge on any atom is 0.241 e. The summed E-state index contributed by atoms with van der Waals surface area (Å²) in [5.74, 6) is 1.35. The molecule has 1 heterocycles. The fourth-order valence-electron chi connectivity index (χ4n) is 1.74. The molecular formula is C15H32O3Si2. The second kappa shape index (κ2) is 6.24. The van der Waals surface area contributed by atoms with Gasteiger partial charge in [0.15, 0.2) is 8.32 Å². The topological polar surface area (TPSA) is 27.7 Å². The van der Waals surface area contributed by atoms with Gasteiger partial charge in [-0.05, 0) is 44.2 Å². The summed E-state index contributed by atoms with van der Waals surface area (Å²) in [4.78, 5) is 0. The van der Waals surface area contributed by atoms with Crippen molar-refractivity contribution in [3.63, 3.8) is 0 Å². The standard InChI is InChI=1S/C15H32O3Si2/c1-15(2,3)20(7,8)17-11-13-9-10-16-12-14(13)18-19(4,5)6/h12-13H,9-11H2,1-8H3. The van der Waals surface area contributed by atoms with Crippen molar-refractivity contribution >= 4 is 16.6 Å². The lowest BCUT2D eigenvalue weighted by Gasteiger charge is -2.38. The summed E-state index contributed by atoms with van der Waals surface area (Å²) in [5, 5.41) is 0.252. The molecule has 0 spiro atoms. The molecule has 0 saturated carbocycles. The molecule has 1 unspecified atom stereocenters. The minimum absolute atomic E-state index is 0.252. The number of ether oxygens (including phenoxy) is 1. The predicted molar refractivity (Wildman–Crippen MR) is 89.7 cm³/mol.